The van der Waals surface area contributed by atoms with Gasteiger partial charge < -0.3 is 26.6 Å². The van der Waals surface area contributed by atoms with Gasteiger partial charge in [-0.15, -0.1) is 0 Å². The quantitative estimate of drug-likeness (QED) is 0.154. The third-order valence-electron chi connectivity index (χ3n) is 4.27. The minimum Gasteiger partial charge on any atom is -0.481 e. The SMILES string of the molecule is CC[C@H](C)[C@H](NCC(S)C(N)CCS(N)(=O)=O)C(=O)N[C@@H](CC(=O)O)C(=O)O. The van der Waals surface area contributed by atoms with Crippen LogP contribution in [0.3, 0.4) is 0 Å². The average molecular weight is 443 g/mol. The van der Waals surface area contributed by atoms with E-state index < -0.39 is 57.7 Å². The van der Waals surface area contributed by atoms with E-state index in [-0.39, 0.29) is 24.6 Å². The molecule has 0 aromatic rings. The fourth-order valence-corrected chi connectivity index (χ4v) is 3.17. The van der Waals surface area contributed by atoms with Crippen molar-refractivity contribution >= 4 is 40.5 Å². The van der Waals surface area contributed by atoms with Crippen LogP contribution in [0.25, 0.3) is 0 Å². The molecule has 11 nitrogen and oxygen atoms in total. The Balaban J connectivity index is 4.96. The van der Waals surface area contributed by atoms with Crippen LogP contribution in [-0.4, -0.2) is 72.1 Å². The van der Waals surface area contributed by atoms with Gasteiger partial charge in [0.1, 0.15) is 6.04 Å². The van der Waals surface area contributed by atoms with E-state index in [9.17, 15) is 22.8 Å². The van der Waals surface area contributed by atoms with E-state index in [1.807, 2.05) is 6.92 Å². The molecule has 1 amide bonds. The minimum absolute atomic E-state index is 0.0918. The Morgan fingerprint density at radius 3 is 2.21 bits per heavy atom. The van der Waals surface area contributed by atoms with Crippen molar-refractivity contribution in [3.8, 4) is 0 Å². The van der Waals surface area contributed by atoms with Crippen molar-refractivity contribution in [1.82, 2.24) is 10.6 Å². The highest BCUT2D eigenvalue weighted by atomic mass is 32.2. The van der Waals surface area contributed by atoms with E-state index in [2.05, 4.69) is 23.3 Å². The van der Waals surface area contributed by atoms with E-state index >= 15 is 0 Å². The summed E-state index contributed by atoms with van der Waals surface area (Å²) in [6, 6.07) is -2.96. The Morgan fingerprint density at radius 1 is 1.21 bits per heavy atom. The first kappa shape index (κ1) is 26.6. The first-order valence-corrected chi connectivity index (χ1v) is 10.9. The summed E-state index contributed by atoms with van der Waals surface area (Å²) in [5.41, 5.74) is 5.89. The topological polar surface area (TPSA) is 202 Å². The largest absolute Gasteiger partial charge is 0.481 e. The minimum atomic E-state index is -3.65. The van der Waals surface area contributed by atoms with Gasteiger partial charge >= 0.3 is 11.9 Å². The Morgan fingerprint density at radius 2 is 1.79 bits per heavy atom. The van der Waals surface area contributed by atoms with E-state index in [1.54, 1.807) is 6.92 Å². The molecule has 28 heavy (non-hydrogen) atoms. The Hall–Kier alpha value is -1.41. The van der Waals surface area contributed by atoms with Gasteiger partial charge in [0.15, 0.2) is 0 Å². The second-order valence-corrected chi connectivity index (χ2v) is 9.05. The van der Waals surface area contributed by atoms with Crippen molar-refractivity contribution in [3.63, 3.8) is 0 Å². The van der Waals surface area contributed by atoms with Crippen LogP contribution in [0.4, 0.5) is 0 Å². The number of thiol groups is 1. The van der Waals surface area contributed by atoms with E-state index in [1.165, 1.54) is 0 Å². The predicted octanol–water partition coefficient (Wildman–Crippen LogP) is -1.66. The average Bonchev–Trinajstić information content (AvgIpc) is 2.57. The van der Waals surface area contributed by atoms with Crippen LogP contribution in [-0.2, 0) is 24.4 Å². The van der Waals surface area contributed by atoms with Crippen molar-refractivity contribution in [1.29, 1.82) is 0 Å². The van der Waals surface area contributed by atoms with Gasteiger partial charge in [0.25, 0.3) is 0 Å². The lowest BCUT2D eigenvalue weighted by molar-refractivity contribution is -0.147. The van der Waals surface area contributed by atoms with Gasteiger partial charge in [-0.05, 0) is 12.3 Å². The molecule has 5 atom stereocenters. The van der Waals surface area contributed by atoms with Crippen LogP contribution in [0.15, 0.2) is 0 Å². The van der Waals surface area contributed by atoms with Gasteiger partial charge in [-0.2, -0.15) is 12.6 Å². The Labute approximate surface area is 170 Å². The molecule has 0 fully saturated rings. The molecular weight excluding hydrogens is 412 g/mol. The number of carbonyl (C=O) groups excluding carboxylic acids is 1. The zero-order chi connectivity index (χ0) is 22.1. The number of carboxylic acids is 2. The molecule has 0 spiro atoms. The highest BCUT2D eigenvalue weighted by molar-refractivity contribution is 7.89. The van der Waals surface area contributed by atoms with Crippen LogP contribution in [0.5, 0.6) is 0 Å². The van der Waals surface area contributed by atoms with Crippen molar-refractivity contribution in [3.05, 3.63) is 0 Å². The van der Waals surface area contributed by atoms with Gasteiger partial charge in [0.2, 0.25) is 15.9 Å². The van der Waals surface area contributed by atoms with Gasteiger partial charge in [-0.1, -0.05) is 20.3 Å². The van der Waals surface area contributed by atoms with Crippen LogP contribution < -0.4 is 21.5 Å². The number of carboxylic acid groups (broad SMARTS) is 2. The summed E-state index contributed by atoms with van der Waals surface area (Å²) >= 11 is 4.32. The second-order valence-electron chi connectivity index (χ2n) is 6.66. The third-order valence-corrected chi connectivity index (χ3v) is 5.64. The lowest BCUT2D eigenvalue weighted by Crippen LogP contribution is -2.55. The summed E-state index contributed by atoms with van der Waals surface area (Å²) in [7, 11) is -3.65. The number of carbonyl (C=O) groups is 3. The molecule has 13 heteroatoms. The van der Waals surface area contributed by atoms with Crippen LogP contribution in [0.1, 0.15) is 33.1 Å². The summed E-state index contributed by atoms with van der Waals surface area (Å²) in [6.45, 7) is 3.77. The number of hydrogen-bond acceptors (Lipinski definition) is 8. The molecule has 0 aliphatic heterocycles. The summed E-state index contributed by atoms with van der Waals surface area (Å²) in [5.74, 6) is -3.94. The Kier molecular flexibility index (Phi) is 11.6. The molecule has 0 radical (unpaired) electrons. The van der Waals surface area contributed by atoms with Gasteiger partial charge in [-0.3, -0.25) is 9.59 Å². The molecule has 8 N–H and O–H groups in total. The maximum atomic E-state index is 12.5. The van der Waals surface area contributed by atoms with E-state index in [4.69, 9.17) is 21.1 Å². The third kappa shape index (κ3) is 10.8. The molecule has 0 saturated carbocycles. The van der Waals surface area contributed by atoms with Crippen LogP contribution >= 0.6 is 12.6 Å². The van der Waals surface area contributed by atoms with Crippen LogP contribution in [0.2, 0.25) is 0 Å². The van der Waals surface area contributed by atoms with Crippen molar-refractivity contribution < 1.29 is 33.0 Å². The molecule has 0 rings (SSSR count). The lowest BCUT2D eigenvalue weighted by Gasteiger charge is -2.27. The molecule has 0 aliphatic carbocycles. The standard InChI is InChI=1S/C15H30N4O7S2/c1-3-8(2)13(14(22)19-10(15(23)24)6-12(20)21)18-7-11(27)9(16)4-5-28(17,25)26/h8-11,13,18,27H,3-7,16H2,1-2H3,(H,19,22)(H,20,21)(H,23,24)(H2,17,25,26)/t8-,9?,10-,11?,13-/m0/s1. The fraction of sp³-hybridized carbons (Fsp3) is 0.800. The first-order valence-electron chi connectivity index (χ1n) is 8.70. The smallest absolute Gasteiger partial charge is 0.326 e. The Bertz CT molecular complexity index is 644. The number of nitrogens with one attached hydrogen (secondary N) is 2. The monoisotopic (exact) mass is 442 g/mol. The van der Waals surface area contributed by atoms with Crippen molar-refractivity contribution in [2.75, 3.05) is 12.3 Å². The van der Waals surface area contributed by atoms with Gasteiger partial charge in [-0.25, -0.2) is 18.4 Å². The second kappa shape index (κ2) is 12.2. The summed E-state index contributed by atoms with van der Waals surface area (Å²) in [6.07, 6.45) is -0.0625. The molecule has 0 aliphatic rings. The lowest BCUT2D eigenvalue weighted by atomic mass is 9.97. The molecule has 0 aromatic heterocycles. The number of hydrogen-bond donors (Lipinski definition) is 7. The maximum absolute atomic E-state index is 12.5. The number of primary sulfonamides is 1. The first-order chi connectivity index (χ1) is 12.8. The molecule has 2 unspecified atom stereocenters. The molecule has 0 bridgehead atoms. The predicted molar refractivity (Wildman–Crippen MR) is 106 cm³/mol. The van der Waals surface area contributed by atoms with Gasteiger partial charge in [0, 0.05) is 17.8 Å². The highest BCUT2D eigenvalue weighted by Gasteiger charge is 2.30. The molecule has 0 aromatic carbocycles. The zero-order valence-electron chi connectivity index (χ0n) is 15.9. The number of nitrogens with two attached hydrogens (primary N) is 2. The van der Waals surface area contributed by atoms with Crippen molar-refractivity contribution in [2.24, 2.45) is 16.8 Å². The summed E-state index contributed by atoms with van der Waals surface area (Å²) < 4.78 is 22.0. The number of amides is 1. The molecule has 0 saturated heterocycles. The van der Waals surface area contributed by atoms with Crippen molar-refractivity contribution in [2.45, 2.75) is 56.5 Å². The molecule has 0 heterocycles. The maximum Gasteiger partial charge on any atom is 0.326 e. The number of sulfonamides is 1. The zero-order valence-corrected chi connectivity index (χ0v) is 17.6. The highest BCUT2D eigenvalue weighted by Crippen LogP contribution is 2.11. The van der Waals surface area contributed by atoms with E-state index in [0.717, 1.165) is 0 Å². The normalized spacial score (nSPS) is 17.2. The molecular formula is C15H30N4O7S2. The number of aliphatic carboxylic acids is 2. The van der Waals surface area contributed by atoms with E-state index in [0.29, 0.717) is 6.42 Å². The summed E-state index contributed by atoms with van der Waals surface area (Å²) in [5, 5.41) is 27.5. The summed E-state index contributed by atoms with van der Waals surface area (Å²) in [4.78, 5) is 34.4. The van der Waals surface area contributed by atoms with Gasteiger partial charge in [0.05, 0.1) is 18.2 Å². The van der Waals surface area contributed by atoms with Crippen LogP contribution in [0, 0.1) is 5.92 Å². The molecule has 164 valence electrons. The number of rotatable bonds is 14. The fourth-order valence-electron chi connectivity index (χ4n) is 2.32.